The summed E-state index contributed by atoms with van der Waals surface area (Å²) < 4.78 is 0. The zero-order valence-electron chi connectivity index (χ0n) is 16.6. The van der Waals surface area contributed by atoms with Crippen molar-refractivity contribution in [1.82, 2.24) is 15.3 Å². The number of thiazole rings is 1. The number of rotatable bonds is 6. The maximum atomic E-state index is 12.6. The minimum absolute atomic E-state index is 0.0895. The summed E-state index contributed by atoms with van der Waals surface area (Å²) in [6.45, 7) is 0.604. The molecule has 0 bridgehead atoms. The van der Waals surface area contributed by atoms with Crippen molar-refractivity contribution in [2.75, 3.05) is 11.9 Å². The van der Waals surface area contributed by atoms with Crippen molar-refractivity contribution in [3.8, 4) is 0 Å². The lowest BCUT2D eigenvalue weighted by molar-refractivity contribution is -0.125. The molecular weight excluding hydrogens is 400 g/mol. The van der Waals surface area contributed by atoms with E-state index in [-0.39, 0.29) is 24.0 Å². The molecule has 156 valence electrons. The number of nitrogens with one attached hydrogen (secondary N) is 2. The number of anilines is 1. The van der Waals surface area contributed by atoms with Gasteiger partial charge in [0.1, 0.15) is 0 Å². The normalized spacial score (nSPS) is 18.3. The molecule has 2 heterocycles. The molecule has 30 heavy (non-hydrogen) atoms. The summed E-state index contributed by atoms with van der Waals surface area (Å²) >= 11 is 1.17. The van der Waals surface area contributed by atoms with Crippen molar-refractivity contribution in [3.63, 3.8) is 0 Å². The lowest BCUT2D eigenvalue weighted by Gasteiger charge is -2.20. The number of fused-ring (bicyclic) bond motifs is 1. The number of nitrogens with zero attached hydrogens (tertiary/aromatic N) is 2. The van der Waals surface area contributed by atoms with E-state index >= 15 is 0 Å². The fourth-order valence-electron chi connectivity index (χ4n) is 3.86. The highest BCUT2D eigenvalue weighted by molar-refractivity contribution is 7.17. The SMILES string of the molecule is O=C(Nc1nc2c(s1)C(=O)C[C@H](C(=O)NCCC1=CCCCC1)C2)c1ccncc1. The van der Waals surface area contributed by atoms with Gasteiger partial charge in [0.25, 0.3) is 5.91 Å². The maximum Gasteiger partial charge on any atom is 0.257 e. The highest BCUT2D eigenvalue weighted by Crippen LogP contribution is 2.32. The van der Waals surface area contributed by atoms with Crippen LogP contribution >= 0.6 is 11.3 Å². The van der Waals surface area contributed by atoms with Gasteiger partial charge >= 0.3 is 0 Å². The first-order valence-corrected chi connectivity index (χ1v) is 11.1. The van der Waals surface area contributed by atoms with Gasteiger partial charge in [-0.05, 0) is 44.2 Å². The second-order valence-corrected chi connectivity index (χ2v) is 8.66. The lowest BCUT2D eigenvalue weighted by Crippen LogP contribution is -2.36. The molecule has 2 aliphatic rings. The number of aromatic nitrogens is 2. The number of Topliss-reactive ketones (excluding diaryl/α,β-unsaturated/α-hetero) is 1. The monoisotopic (exact) mass is 424 g/mol. The predicted molar refractivity (Wildman–Crippen MR) is 115 cm³/mol. The number of allylic oxidation sites excluding steroid dienone is 1. The molecule has 0 aliphatic heterocycles. The first-order chi connectivity index (χ1) is 14.6. The number of ketones is 1. The molecule has 8 heteroatoms. The molecule has 7 nitrogen and oxygen atoms in total. The Kier molecular flexibility index (Phi) is 6.32. The minimum Gasteiger partial charge on any atom is -0.356 e. The van der Waals surface area contributed by atoms with Crippen LogP contribution in [0, 0.1) is 5.92 Å². The third kappa shape index (κ3) is 4.81. The van der Waals surface area contributed by atoms with Crippen LogP contribution in [0.4, 0.5) is 5.13 Å². The number of hydrogen-bond donors (Lipinski definition) is 2. The molecule has 2 aromatic heterocycles. The van der Waals surface area contributed by atoms with Crippen LogP contribution in [0.15, 0.2) is 36.2 Å². The number of hydrogen-bond acceptors (Lipinski definition) is 6. The molecule has 0 radical (unpaired) electrons. The maximum absolute atomic E-state index is 12.6. The largest absolute Gasteiger partial charge is 0.356 e. The number of carbonyl (C=O) groups excluding carboxylic acids is 3. The van der Waals surface area contributed by atoms with Gasteiger partial charge in [0.2, 0.25) is 5.91 Å². The van der Waals surface area contributed by atoms with E-state index < -0.39 is 5.92 Å². The highest BCUT2D eigenvalue weighted by atomic mass is 32.1. The Labute approximate surface area is 179 Å². The number of amides is 2. The van der Waals surface area contributed by atoms with Crippen molar-refractivity contribution in [2.45, 2.75) is 44.9 Å². The lowest BCUT2D eigenvalue weighted by atomic mass is 9.89. The van der Waals surface area contributed by atoms with Crippen LogP contribution in [0.1, 0.15) is 64.2 Å². The Bertz CT molecular complexity index is 984. The molecule has 0 spiro atoms. The van der Waals surface area contributed by atoms with E-state index in [4.69, 9.17) is 0 Å². The quantitative estimate of drug-likeness (QED) is 0.691. The van der Waals surface area contributed by atoms with Crippen LogP contribution in [0.3, 0.4) is 0 Å². The fraction of sp³-hybridized carbons (Fsp3) is 0.409. The topological polar surface area (TPSA) is 101 Å². The van der Waals surface area contributed by atoms with E-state index in [2.05, 4.69) is 26.7 Å². The standard InChI is InChI=1S/C22H24N4O3S/c27-18-13-16(20(28)24-11-6-14-4-2-1-3-5-14)12-17-19(18)30-22(25-17)26-21(29)15-7-9-23-10-8-15/h4,7-10,16H,1-3,5-6,11-13H2,(H,24,28)(H,25,26,29)/t16-/m1/s1. The average Bonchev–Trinajstić information content (AvgIpc) is 3.18. The Morgan fingerprint density at radius 2 is 2.00 bits per heavy atom. The van der Waals surface area contributed by atoms with Crippen molar-refractivity contribution in [3.05, 3.63) is 52.3 Å². The van der Waals surface area contributed by atoms with Gasteiger partial charge in [-0.1, -0.05) is 23.0 Å². The summed E-state index contributed by atoms with van der Waals surface area (Å²) in [6.07, 6.45) is 11.6. The van der Waals surface area contributed by atoms with Crippen LogP contribution < -0.4 is 10.6 Å². The molecule has 0 saturated heterocycles. The number of carbonyl (C=O) groups is 3. The van der Waals surface area contributed by atoms with E-state index in [9.17, 15) is 14.4 Å². The van der Waals surface area contributed by atoms with Crippen molar-refractivity contribution < 1.29 is 14.4 Å². The predicted octanol–water partition coefficient (Wildman–Crippen LogP) is 3.54. The van der Waals surface area contributed by atoms with E-state index in [0.717, 1.165) is 19.3 Å². The molecule has 2 aliphatic carbocycles. The van der Waals surface area contributed by atoms with E-state index in [1.807, 2.05) is 0 Å². The van der Waals surface area contributed by atoms with Gasteiger partial charge in [-0.25, -0.2) is 4.98 Å². The minimum atomic E-state index is -0.406. The summed E-state index contributed by atoms with van der Waals surface area (Å²) in [5.41, 5.74) is 2.48. The van der Waals surface area contributed by atoms with Crippen LogP contribution in [0.5, 0.6) is 0 Å². The summed E-state index contributed by atoms with van der Waals surface area (Å²) in [6, 6.07) is 3.22. The van der Waals surface area contributed by atoms with Gasteiger partial charge in [-0.15, -0.1) is 0 Å². The molecule has 0 fully saturated rings. The third-order valence-electron chi connectivity index (χ3n) is 5.49. The molecule has 2 N–H and O–H groups in total. The highest BCUT2D eigenvalue weighted by Gasteiger charge is 2.33. The zero-order valence-corrected chi connectivity index (χ0v) is 17.5. The third-order valence-corrected chi connectivity index (χ3v) is 6.54. The fourth-order valence-corrected chi connectivity index (χ4v) is 4.80. The second kappa shape index (κ2) is 9.30. The average molecular weight is 425 g/mol. The first-order valence-electron chi connectivity index (χ1n) is 10.3. The van der Waals surface area contributed by atoms with E-state index in [1.54, 1.807) is 24.5 Å². The van der Waals surface area contributed by atoms with Crippen LogP contribution in [-0.2, 0) is 11.2 Å². The smallest absolute Gasteiger partial charge is 0.257 e. The zero-order chi connectivity index (χ0) is 20.9. The summed E-state index contributed by atoms with van der Waals surface area (Å²) in [7, 11) is 0. The van der Waals surface area contributed by atoms with Crippen LogP contribution in [0.25, 0.3) is 0 Å². The second-order valence-electron chi connectivity index (χ2n) is 7.66. The summed E-state index contributed by atoms with van der Waals surface area (Å²) in [5, 5.41) is 6.09. The molecule has 4 rings (SSSR count). The van der Waals surface area contributed by atoms with Gasteiger partial charge in [-0.2, -0.15) is 0 Å². The number of pyridine rings is 1. The van der Waals surface area contributed by atoms with Gasteiger partial charge in [-0.3, -0.25) is 24.7 Å². The molecule has 0 unspecified atom stereocenters. The molecule has 2 amide bonds. The van der Waals surface area contributed by atoms with Crippen molar-refractivity contribution in [1.29, 1.82) is 0 Å². The first kappa shape index (κ1) is 20.4. The van der Waals surface area contributed by atoms with E-state index in [1.165, 1.54) is 29.8 Å². The van der Waals surface area contributed by atoms with E-state index in [0.29, 0.717) is 34.2 Å². The molecule has 1 atom stereocenters. The molecule has 2 aromatic rings. The Morgan fingerprint density at radius 3 is 2.77 bits per heavy atom. The summed E-state index contributed by atoms with van der Waals surface area (Å²) in [4.78, 5) is 46.3. The Balaban J connectivity index is 1.35. The van der Waals surface area contributed by atoms with Gasteiger partial charge in [0, 0.05) is 37.3 Å². The van der Waals surface area contributed by atoms with Gasteiger partial charge in [0.05, 0.1) is 16.5 Å². The van der Waals surface area contributed by atoms with Gasteiger partial charge < -0.3 is 5.32 Å². The Morgan fingerprint density at radius 1 is 1.17 bits per heavy atom. The molecular formula is C22H24N4O3S. The Hall–Kier alpha value is -2.87. The van der Waals surface area contributed by atoms with Crippen LogP contribution in [0.2, 0.25) is 0 Å². The van der Waals surface area contributed by atoms with Crippen LogP contribution in [-0.4, -0.2) is 34.1 Å². The van der Waals surface area contributed by atoms with Crippen molar-refractivity contribution in [2.24, 2.45) is 5.92 Å². The summed E-state index contributed by atoms with van der Waals surface area (Å²) in [5.74, 6) is -0.896. The van der Waals surface area contributed by atoms with Crippen molar-refractivity contribution >= 4 is 34.1 Å². The molecule has 0 saturated carbocycles. The van der Waals surface area contributed by atoms with Gasteiger partial charge in [0.15, 0.2) is 10.9 Å². The molecule has 0 aromatic carbocycles.